The SMILES string of the molecule is C=CCN(CC=C)CCC(N)C(C)(C)C. The molecule has 88 valence electrons. The average molecular weight is 210 g/mol. The molecule has 0 aromatic heterocycles. The number of hydrogen-bond donors (Lipinski definition) is 1. The monoisotopic (exact) mass is 210 g/mol. The predicted octanol–water partition coefficient (Wildman–Crippen LogP) is 2.42. The van der Waals surface area contributed by atoms with E-state index in [1.807, 2.05) is 12.2 Å². The van der Waals surface area contributed by atoms with Gasteiger partial charge in [-0.1, -0.05) is 32.9 Å². The highest BCUT2D eigenvalue weighted by Crippen LogP contribution is 2.19. The highest BCUT2D eigenvalue weighted by atomic mass is 15.1. The fourth-order valence-electron chi connectivity index (χ4n) is 1.38. The van der Waals surface area contributed by atoms with Gasteiger partial charge >= 0.3 is 0 Å². The predicted molar refractivity (Wildman–Crippen MR) is 68.9 cm³/mol. The topological polar surface area (TPSA) is 29.3 Å². The van der Waals surface area contributed by atoms with Gasteiger partial charge in [-0.2, -0.15) is 0 Å². The minimum Gasteiger partial charge on any atom is -0.327 e. The van der Waals surface area contributed by atoms with Gasteiger partial charge < -0.3 is 5.73 Å². The Morgan fingerprint density at radius 3 is 2.00 bits per heavy atom. The number of hydrogen-bond acceptors (Lipinski definition) is 2. The molecule has 0 bridgehead atoms. The van der Waals surface area contributed by atoms with Gasteiger partial charge in [0, 0.05) is 25.7 Å². The Labute approximate surface area is 94.8 Å². The maximum atomic E-state index is 6.11. The molecule has 0 saturated heterocycles. The third-order valence-electron chi connectivity index (χ3n) is 2.64. The van der Waals surface area contributed by atoms with E-state index in [0.29, 0.717) is 0 Å². The van der Waals surface area contributed by atoms with Crippen LogP contribution in [0.15, 0.2) is 25.3 Å². The lowest BCUT2D eigenvalue weighted by Gasteiger charge is -2.29. The Hall–Kier alpha value is -0.600. The van der Waals surface area contributed by atoms with E-state index < -0.39 is 0 Å². The summed E-state index contributed by atoms with van der Waals surface area (Å²) in [5.41, 5.74) is 6.30. The van der Waals surface area contributed by atoms with Crippen molar-refractivity contribution in [1.29, 1.82) is 0 Å². The van der Waals surface area contributed by atoms with Gasteiger partial charge in [0.25, 0.3) is 0 Å². The zero-order valence-corrected chi connectivity index (χ0v) is 10.5. The van der Waals surface area contributed by atoms with E-state index in [1.165, 1.54) is 0 Å². The molecular weight excluding hydrogens is 184 g/mol. The Morgan fingerprint density at radius 1 is 1.20 bits per heavy atom. The highest BCUT2D eigenvalue weighted by molar-refractivity contribution is 4.83. The smallest absolute Gasteiger partial charge is 0.0163 e. The van der Waals surface area contributed by atoms with Crippen LogP contribution in [-0.2, 0) is 0 Å². The van der Waals surface area contributed by atoms with Crippen molar-refractivity contribution in [1.82, 2.24) is 4.90 Å². The van der Waals surface area contributed by atoms with Crippen LogP contribution in [0.1, 0.15) is 27.2 Å². The molecule has 0 rings (SSSR count). The Morgan fingerprint density at radius 2 is 1.67 bits per heavy atom. The molecule has 15 heavy (non-hydrogen) atoms. The summed E-state index contributed by atoms with van der Waals surface area (Å²) in [7, 11) is 0. The summed E-state index contributed by atoms with van der Waals surface area (Å²) in [6.45, 7) is 16.9. The van der Waals surface area contributed by atoms with Gasteiger partial charge in [-0.25, -0.2) is 0 Å². The van der Waals surface area contributed by atoms with E-state index in [0.717, 1.165) is 26.1 Å². The molecule has 0 aromatic rings. The molecule has 2 N–H and O–H groups in total. The molecule has 0 saturated carbocycles. The zero-order valence-electron chi connectivity index (χ0n) is 10.5. The molecule has 0 heterocycles. The molecule has 0 spiro atoms. The molecule has 0 radical (unpaired) electrons. The summed E-state index contributed by atoms with van der Waals surface area (Å²) in [5, 5.41) is 0. The van der Waals surface area contributed by atoms with Crippen molar-refractivity contribution >= 4 is 0 Å². The summed E-state index contributed by atoms with van der Waals surface area (Å²) in [4.78, 5) is 2.30. The molecule has 0 aliphatic carbocycles. The largest absolute Gasteiger partial charge is 0.327 e. The second kappa shape index (κ2) is 6.81. The lowest BCUT2D eigenvalue weighted by atomic mass is 9.85. The maximum absolute atomic E-state index is 6.11. The van der Waals surface area contributed by atoms with Crippen LogP contribution >= 0.6 is 0 Å². The summed E-state index contributed by atoms with van der Waals surface area (Å²) in [6, 6.07) is 0.245. The van der Waals surface area contributed by atoms with Gasteiger partial charge in [0.2, 0.25) is 0 Å². The quantitative estimate of drug-likeness (QED) is 0.654. The van der Waals surface area contributed by atoms with Gasteiger partial charge in [0.05, 0.1) is 0 Å². The van der Waals surface area contributed by atoms with Crippen molar-refractivity contribution in [3.8, 4) is 0 Å². The summed E-state index contributed by atoms with van der Waals surface area (Å²) < 4.78 is 0. The molecule has 2 heteroatoms. The number of nitrogens with zero attached hydrogens (tertiary/aromatic N) is 1. The second-order valence-corrected chi connectivity index (χ2v) is 5.10. The summed E-state index contributed by atoms with van der Waals surface area (Å²) in [6.07, 6.45) is 4.86. The first-order valence-corrected chi connectivity index (χ1v) is 5.61. The Kier molecular flexibility index (Phi) is 6.53. The number of rotatable bonds is 7. The number of nitrogens with two attached hydrogens (primary N) is 1. The molecule has 1 unspecified atom stereocenters. The highest BCUT2D eigenvalue weighted by Gasteiger charge is 2.20. The maximum Gasteiger partial charge on any atom is 0.0163 e. The molecule has 2 nitrogen and oxygen atoms in total. The first-order valence-electron chi connectivity index (χ1n) is 5.61. The van der Waals surface area contributed by atoms with Crippen LogP contribution in [0, 0.1) is 5.41 Å². The van der Waals surface area contributed by atoms with Gasteiger partial charge in [0.15, 0.2) is 0 Å². The summed E-state index contributed by atoms with van der Waals surface area (Å²) in [5.74, 6) is 0. The van der Waals surface area contributed by atoms with E-state index in [4.69, 9.17) is 5.73 Å². The fourth-order valence-corrected chi connectivity index (χ4v) is 1.38. The van der Waals surface area contributed by atoms with E-state index in [1.54, 1.807) is 0 Å². The van der Waals surface area contributed by atoms with E-state index in [2.05, 4.69) is 38.8 Å². The normalized spacial score (nSPS) is 13.9. The molecule has 0 aromatic carbocycles. The van der Waals surface area contributed by atoms with Crippen LogP contribution < -0.4 is 5.73 Å². The molecular formula is C13H26N2. The molecule has 0 aliphatic rings. The minimum atomic E-state index is 0.189. The molecule has 0 amide bonds. The van der Waals surface area contributed by atoms with Crippen molar-refractivity contribution < 1.29 is 0 Å². The van der Waals surface area contributed by atoms with E-state index >= 15 is 0 Å². The van der Waals surface area contributed by atoms with Crippen LogP contribution in [-0.4, -0.2) is 30.6 Å². The van der Waals surface area contributed by atoms with E-state index in [-0.39, 0.29) is 11.5 Å². The van der Waals surface area contributed by atoms with Gasteiger partial charge in [-0.3, -0.25) is 4.90 Å². The third kappa shape index (κ3) is 6.47. The first-order chi connectivity index (χ1) is 6.91. The average Bonchev–Trinajstić information content (AvgIpc) is 2.12. The standard InChI is InChI=1S/C13H26N2/c1-6-9-15(10-7-2)11-8-12(14)13(3,4)5/h6-7,12H,1-2,8-11,14H2,3-5H3. The lowest BCUT2D eigenvalue weighted by Crippen LogP contribution is -2.38. The molecule has 0 aliphatic heterocycles. The van der Waals surface area contributed by atoms with Crippen molar-refractivity contribution in [2.45, 2.75) is 33.2 Å². The van der Waals surface area contributed by atoms with Crippen LogP contribution in [0.4, 0.5) is 0 Å². The van der Waals surface area contributed by atoms with Crippen LogP contribution in [0.25, 0.3) is 0 Å². The summed E-state index contributed by atoms with van der Waals surface area (Å²) >= 11 is 0. The first kappa shape index (κ1) is 14.4. The van der Waals surface area contributed by atoms with Crippen molar-refractivity contribution in [3.05, 3.63) is 25.3 Å². The van der Waals surface area contributed by atoms with E-state index in [9.17, 15) is 0 Å². The third-order valence-corrected chi connectivity index (χ3v) is 2.64. The zero-order chi connectivity index (χ0) is 11.9. The van der Waals surface area contributed by atoms with Gasteiger partial charge in [0.1, 0.15) is 0 Å². The van der Waals surface area contributed by atoms with Crippen LogP contribution in [0.3, 0.4) is 0 Å². The van der Waals surface area contributed by atoms with Crippen molar-refractivity contribution in [2.75, 3.05) is 19.6 Å². The van der Waals surface area contributed by atoms with Crippen LogP contribution in [0.2, 0.25) is 0 Å². The second-order valence-electron chi connectivity index (χ2n) is 5.10. The molecule has 0 fully saturated rings. The van der Waals surface area contributed by atoms with Crippen LogP contribution in [0.5, 0.6) is 0 Å². The molecule has 1 atom stereocenters. The van der Waals surface area contributed by atoms with Gasteiger partial charge in [-0.05, 0) is 11.8 Å². The Balaban J connectivity index is 3.97. The van der Waals surface area contributed by atoms with Crippen molar-refractivity contribution in [2.24, 2.45) is 11.1 Å². The fraction of sp³-hybridized carbons (Fsp3) is 0.692. The van der Waals surface area contributed by atoms with Gasteiger partial charge in [-0.15, -0.1) is 13.2 Å². The lowest BCUT2D eigenvalue weighted by molar-refractivity contribution is 0.254. The van der Waals surface area contributed by atoms with Crippen molar-refractivity contribution in [3.63, 3.8) is 0 Å². The minimum absolute atomic E-state index is 0.189. The Bertz CT molecular complexity index is 181.